The first kappa shape index (κ1) is 17.6. The molecule has 0 unspecified atom stereocenters. The van der Waals surface area contributed by atoms with Crippen LogP contribution in [0, 0.1) is 5.92 Å². The molecule has 2 atom stereocenters. The van der Waals surface area contributed by atoms with E-state index in [9.17, 15) is 4.79 Å². The molecule has 0 saturated carbocycles. The molecule has 0 aromatic heterocycles. The summed E-state index contributed by atoms with van der Waals surface area (Å²) in [4.78, 5) is 11.6. The van der Waals surface area contributed by atoms with Crippen LogP contribution in [0.3, 0.4) is 0 Å². The molecule has 0 saturated heterocycles. The van der Waals surface area contributed by atoms with E-state index < -0.39 is 8.32 Å². The van der Waals surface area contributed by atoms with E-state index in [-0.39, 0.29) is 23.0 Å². The van der Waals surface area contributed by atoms with Gasteiger partial charge in [-0.1, -0.05) is 27.7 Å². The van der Waals surface area contributed by atoms with Gasteiger partial charge in [0.1, 0.15) is 0 Å². The van der Waals surface area contributed by atoms with Crippen molar-refractivity contribution in [2.24, 2.45) is 5.92 Å². The second-order valence-corrected chi connectivity index (χ2v) is 11.3. The highest BCUT2D eigenvalue weighted by molar-refractivity contribution is 6.74. The average molecular weight is 274 g/mol. The fourth-order valence-corrected chi connectivity index (χ4v) is 3.06. The third-order valence-corrected chi connectivity index (χ3v) is 8.28. The predicted molar refractivity (Wildman–Crippen MR) is 78.2 cm³/mol. The Kier molecular flexibility index (Phi) is 6.58. The maximum absolute atomic E-state index is 11.6. The van der Waals surface area contributed by atoms with Crippen molar-refractivity contribution < 1.29 is 14.0 Å². The van der Waals surface area contributed by atoms with Gasteiger partial charge in [0.15, 0.2) is 8.32 Å². The van der Waals surface area contributed by atoms with Crippen molar-refractivity contribution in [1.82, 2.24) is 0 Å². The van der Waals surface area contributed by atoms with Crippen LogP contribution in [0.4, 0.5) is 0 Å². The van der Waals surface area contributed by atoms with Crippen LogP contribution in [0.5, 0.6) is 0 Å². The lowest BCUT2D eigenvalue weighted by Crippen LogP contribution is -2.43. The van der Waals surface area contributed by atoms with Gasteiger partial charge in [0.25, 0.3) is 0 Å². The summed E-state index contributed by atoms with van der Waals surface area (Å²) in [5.41, 5.74) is 0. The van der Waals surface area contributed by atoms with Gasteiger partial charge in [0.2, 0.25) is 0 Å². The van der Waals surface area contributed by atoms with E-state index in [0.29, 0.717) is 6.61 Å². The Bertz CT molecular complexity index is 269. The third-order valence-electron chi connectivity index (χ3n) is 3.68. The molecule has 0 heterocycles. The van der Waals surface area contributed by atoms with Crippen molar-refractivity contribution in [2.45, 2.75) is 72.2 Å². The number of hydrogen-bond donors (Lipinski definition) is 0. The number of hydrogen-bond acceptors (Lipinski definition) is 3. The molecule has 0 spiro atoms. The summed E-state index contributed by atoms with van der Waals surface area (Å²) < 4.78 is 11.3. The van der Waals surface area contributed by atoms with Gasteiger partial charge >= 0.3 is 5.97 Å². The van der Waals surface area contributed by atoms with Gasteiger partial charge in [-0.05, 0) is 38.4 Å². The van der Waals surface area contributed by atoms with Crippen LogP contribution in [0.25, 0.3) is 0 Å². The summed E-state index contributed by atoms with van der Waals surface area (Å²) in [6.07, 6.45) is 0.830. The normalized spacial score (nSPS) is 16.2. The average Bonchev–Trinajstić information content (AvgIpc) is 2.14. The zero-order valence-electron chi connectivity index (χ0n) is 13.3. The molecule has 0 aliphatic heterocycles. The standard InChI is InChI=1S/C14H30O3Si/c1-9-16-13(15)11(2)10-12(3)17-18(7,8)14(4,5)6/h11-12H,9-10H2,1-8H3/t11-,12-/m1/s1. The van der Waals surface area contributed by atoms with Gasteiger partial charge in [-0.25, -0.2) is 0 Å². The lowest BCUT2D eigenvalue weighted by molar-refractivity contribution is -0.148. The highest BCUT2D eigenvalue weighted by Crippen LogP contribution is 2.37. The molecule has 0 aliphatic carbocycles. The molecule has 0 radical (unpaired) electrons. The van der Waals surface area contributed by atoms with Crippen LogP contribution >= 0.6 is 0 Å². The summed E-state index contributed by atoms with van der Waals surface area (Å²) in [5.74, 6) is -0.215. The van der Waals surface area contributed by atoms with Gasteiger partial charge in [-0.15, -0.1) is 0 Å². The molecule has 0 aliphatic rings. The SMILES string of the molecule is CCOC(=O)[C@H](C)C[C@@H](C)O[Si](C)(C)C(C)(C)C. The molecule has 0 N–H and O–H groups in total. The van der Waals surface area contributed by atoms with Crippen molar-refractivity contribution >= 4 is 14.3 Å². The van der Waals surface area contributed by atoms with E-state index in [1.54, 1.807) is 0 Å². The molecular weight excluding hydrogens is 244 g/mol. The molecule has 108 valence electrons. The minimum atomic E-state index is -1.74. The minimum absolute atomic E-state index is 0.0929. The maximum Gasteiger partial charge on any atom is 0.308 e. The van der Waals surface area contributed by atoms with Crippen LogP contribution in [0.2, 0.25) is 18.1 Å². The van der Waals surface area contributed by atoms with Crippen molar-refractivity contribution in [1.29, 1.82) is 0 Å². The van der Waals surface area contributed by atoms with E-state index >= 15 is 0 Å². The van der Waals surface area contributed by atoms with Gasteiger partial charge in [-0.2, -0.15) is 0 Å². The Labute approximate surface area is 113 Å². The maximum atomic E-state index is 11.6. The quantitative estimate of drug-likeness (QED) is 0.543. The Morgan fingerprint density at radius 2 is 1.72 bits per heavy atom. The Morgan fingerprint density at radius 3 is 2.11 bits per heavy atom. The molecule has 3 nitrogen and oxygen atoms in total. The molecule has 18 heavy (non-hydrogen) atoms. The zero-order valence-corrected chi connectivity index (χ0v) is 14.3. The molecule has 0 fully saturated rings. The van der Waals surface area contributed by atoms with Crippen molar-refractivity contribution in [3.05, 3.63) is 0 Å². The number of esters is 1. The molecule has 0 rings (SSSR count). The predicted octanol–water partition coefficient (Wildman–Crippen LogP) is 3.99. The van der Waals surface area contributed by atoms with E-state index in [2.05, 4.69) is 40.8 Å². The fraction of sp³-hybridized carbons (Fsp3) is 0.929. The largest absolute Gasteiger partial charge is 0.466 e. The Morgan fingerprint density at radius 1 is 1.22 bits per heavy atom. The van der Waals surface area contributed by atoms with Crippen LogP contribution in [-0.4, -0.2) is 27.0 Å². The second kappa shape index (κ2) is 6.71. The van der Waals surface area contributed by atoms with Crippen LogP contribution in [-0.2, 0) is 14.0 Å². The van der Waals surface area contributed by atoms with Gasteiger partial charge in [0.05, 0.1) is 12.5 Å². The van der Waals surface area contributed by atoms with Crippen molar-refractivity contribution in [2.75, 3.05) is 6.61 Å². The molecule has 0 amide bonds. The molecular formula is C14H30O3Si. The summed E-state index contributed by atoms with van der Waals surface area (Å²) in [6.45, 7) is 17.4. The fourth-order valence-electron chi connectivity index (χ4n) is 1.61. The van der Waals surface area contributed by atoms with E-state index in [4.69, 9.17) is 9.16 Å². The van der Waals surface area contributed by atoms with Crippen molar-refractivity contribution in [3.8, 4) is 0 Å². The summed E-state index contributed by atoms with van der Waals surface area (Å²) in [6, 6.07) is 0. The highest BCUT2D eigenvalue weighted by Gasteiger charge is 2.38. The number of rotatable bonds is 6. The first-order valence-corrected chi connectivity index (χ1v) is 9.76. The monoisotopic (exact) mass is 274 g/mol. The zero-order chi connectivity index (χ0) is 14.6. The summed E-state index contributed by atoms with van der Waals surface area (Å²) >= 11 is 0. The van der Waals surface area contributed by atoms with Crippen LogP contribution < -0.4 is 0 Å². The number of carbonyl (C=O) groups excluding carboxylic acids is 1. The van der Waals surface area contributed by atoms with Gasteiger partial charge in [0, 0.05) is 6.10 Å². The number of carbonyl (C=O) groups is 1. The second-order valence-electron chi connectivity index (χ2n) is 6.58. The minimum Gasteiger partial charge on any atom is -0.466 e. The van der Waals surface area contributed by atoms with Crippen LogP contribution in [0.15, 0.2) is 0 Å². The Hall–Kier alpha value is -0.353. The van der Waals surface area contributed by atoms with Crippen LogP contribution in [0.1, 0.15) is 48.0 Å². The van der Waals surface area contributed by atoms with E-state index in [0.717, 1.165) is 6.42 Å². The topological polar surface area (TPSA) is 35.5 Å². The Balaban J connectivity index is 4.35. The third kappa shape index (κ3) is 5.53. The van der Waals surface area contributed by atoms with E-state index in [1.807, 2.05) is 13.8 Å². The van der Waals surface area contributed by atoms with E-state index in [1.165, 1.54) is 0 Å². The lowest BCUT2D eigenvalue weighted by atomic mass is 10.1. The lowest BCUT2D eigenvalue weighted by Gasteiger charge is -2.38. The smallest absolute Gasteiger partial charge is 0.308 e. The van der Waals surface area contributed by atoms with Gasteiger partial charge < -0.3 is 9.16 Å². The molecule has 0 aromatic rings. The highest BCUT2D eigenvalue weighted by atomic mass is 28.4. The van der Waals surface area contributed by atoms with Crippen molar-refractivity contribution in [3.63, 3.8) is 0 Å². The molecule has 0 bridgehead atoms. The first-order valence-electron chi connectivity index (χ1n) is 6.85. The number of ether oxygens (including phenoxy) is 1. The molecule has 0 aromatic carbocycles. The van der Waals surface area contributed by atoms with Gasteiger partial charge in [-0.3, -0.25) is 4.79 Å². The summed E-state index contributed by atoms with van der Waals surface area (Å²) in [7, 11) is -1.74. The molecule has 4 heteroatoms. The first-order chi connectivity index (χ1) is 8.01. The summed E-state index contributed by atoms with van der Waals surface area (Å²) in [5, 5.41) is 0.203.